The molecule has 0 aliphatic carbocycles. The molecular formula is C14H14BrNOS. The fraction of sp³-hybridized carbons (Fsp3) is 0.214. The number of halogens is 1. The largest absolute Gasteiger partial charge is 0.325 e. The van der Waals surface area contributed by atoms with Gasteiger partial charge in [0.05, 0.1) is 10.2 Å². The number of rotatable bonds is 3. The lowest BCUT2D eigenvalue weighted by Gasteiger charge is -2.10. The molecule has 94 valence electrons. The summed E-state index contributed by atoms with van der Waals surface area (Å²) < 4.78 is 1.05. The van der Waals surface area contributed by atoms with Crippen molar-refractivity contribution in [2.45, 2.75) is 20.3 Å². The second-order valence-electron chi connectivity index (χ2n) is 4.20. The lowest BCUT2D eigenvalue weighted by Crippen LogP contribution is -2.15. The zero-order valence-corrected chi connectivity index (χ0v) is 12.7. The average Bonchev–Trinajstić information content (AvgIpc) is 2.69. The summed E-state index contributed by atoms with van der Waals surface area (Å²) >= 11 is 4.99. The molecule has 0 fully saturated rings. The van der Waals surface area contributed by atoms with Gasteiger partial charge in [0.1, 0.15) is 0 Å². The van der Waals surface area contributed by atoms with Crippen molar-refractivity contribution >= 4 is 38.9 Å². The topological polar surface area (TPSA) is 29.1 Å². The Bertz CT molecular complexity index is 557. The van der Waals surface area contributed by atoms with Gasteiger partial charge in [0.25, 0.3) is 0 Å². The number of carbonyl (C=O) groups excluding carboxylic acids is 1. The van der Waals surface area contributed by atoms with Crippen molar-refractivity contribution in [3.05, 3.63) is 50.1 Å². The van der Waals surface area contributed by atoms with Crippen LogP contribution in [-0.2, 0) is 11.2 Å². The van der Waals surface area contributed by atoms with Crippen LogP contribution in [-0.4, -0.2) is 5.91 Å². The molecular weight excluding hydrogens is 310 g/mol. The van der Waals surface area contributed by atoms with Gasteiger partial charge in [-0.05, 0) is 53.0 Å². The van der Waals surface area contributed by atoms with E-state index in [2.05, 4.69) is 21.2 Å². The van der Waals surface area contributed by atoms with E-state index in [9.17, 15) is 4.79 Å². The number of hydrogen-bond acceptors (Lipinski definition) is 2. The minimum absolute atomic E-state index is 0.0294. The zero-order valence-electron chi connectivity index (χ0n) is 10.3. The van der Waals surface area contributed by atoms with E-state index in [0.717, 1.165) is 25.5 Å². The van der Waals surface area contributed by atoms with Gasteiger partial charge in [-0.1, -0.05) is 18.2 Å². The van der Waals surface area contributed by atoms with Gasteiger partial charge in [0.15, 0.2) is 0 Å². The van der Waals surface area contributed by atoms with Crippen molar-refractivity contribution in [1.82, 2.24) is 0 Å². The van der Waals surface area contributed by atoms with E-state index < -0.39 is 0 Å². The first-order chi connectivity index (χ1) is 8.56. The number of nitrogens with one attached hydrogen (secondary N) is 1. The van der Waals surface area contributed by atoms with Gasteiger partial charge >= 0.3 is 0 Å². The Morgan fingerprint density at radius 2 is 1.89 bits per heavy atom. The van der Waals surface area contributed by atoms with Crippen LogP contribution in [0.2, 0.25) is 0 Å². The van der Waals surface area contributed by atoms with Gasteiger partial charge in [0.2, 0.25) is 5.91 Å². The molecule has 1 N–H and O–H groups in total. The Kier molecular flexibility index (Phi) is 4.19. The predicted molar refractivity (Wildman–Crippen MR) is 80.3 cm³/mol. The first-order valence-electron chi connectivity index (χ1n) is 5.66. The molecule has 2 rings (SSSR count). The maximum atomic E-state index is 12.0. The Hall–Kier alpha value is -1.13. The predicted octanol–water partition coefficient (Wildman–Crippen LogP) is 4.31. The highest BCUT2D eigenvalue weighted by Gasteiger charge is 2.09. The molecule has 1 aromatic heterocycles. The lowest BCUT2D eigenvalue weighted by atomic mass is 10.1. The summed E-state index contributed by atoms with van der Waals surface area (Å²) in [7, 11) is 0. The Balaban J connectivity index is 2.08. The third-order valence-corrected chi connectivity index (χ3v) is 4.33. The molecule has 18 heavy (non-hydrogen) atoms. The average molecular weight is 324 g/mol. The minimum Gasteiger partial charge on any atom is -0.325 e. The molecule has 0 unspecified atom stereocenters. The number of aryl methyl sites for hydroxylation is 2. The number of anilines is 1. The molecule has 0 aliphatic rings. The summed E-state index contributed by atoms with van der Waals surface area (Å²) in [4.78, 5) is 13.0. The van der Waals surface area contributed by atoms with Crippen LogP contribution in [0.25, 0.3) is 0 Å². The minimum atomic E-state index is 0.0294. The van der Waals surface area contributed by atoms with Gasteiger partial charge in [-0.3, -0.25) is 4.79 Å². The maximum absolute atomic E-state index is 12.0. The first kappa shape index (κ1) is 13.3. The van der Waals surface area contributed by atoms with E-state index in [0.29, 0.717) is 6.42 Å². The van der Waals surface area contributed by atoms with Gasteiger partial charge in [-0.15, -0.1) is 11.3 Å². The molecule has 0 radical (unpaired) electrons. The summed E-state index contributed by atoms with van der Waals surface area (Å²) in [5.74, 6) is 0.0294. The van der Waals surface area contributed by atoms with Crippen LogP contribution >= 0.6 is 27.3 Å². The standard InChI is InChI=1S/C14H14BrNOS/c1-9-4-3-5-10(2)14(9)16-13(17)8-11-6-7-12(15)18-11/h3-7H,8H2,1-2H3,(H,16,17). The van der Waals surface area contributed by atoms with E-state index in [1.54, 1.807) is 11.3 Å². The summed E-state index contributed by atoms with van der Waals surface area (Å²) in [6.45, 7) is 4.01. The van der Waals surface area contributed by atoms with Crippen LogP contribution < -0.4 is 5.32 Å². The van der Waals surface area contributed by atoms with Crippen molar-refractivity contribution in [2.24, 2.45) is 0 Å². The third-order valence-electron chi connectivity index (χ3n) is 2.71. The summed E-state index contributed by atoms with van der Waals surface area (Å²) in [5, 5.41) is 2.99. The Morgan fingerprint density at radius 3 is 2.44 bits per heavy atom. The third kappa shape index (κ3) is 3.21. The Morgan fingerprint density at radius 1 is 1.22 bits per heavy atom. The van der Waals surface area contributed by atoms with Crippen molar-refractivity contribution in [3.63, 3.8) is 0 Å². The number of benzene rings is 1. The normalized spacial score (nSPS) is 10.4. The molecule has 0 saturated carbocycles. The number of hydrogen-bond donors (Lipinski definition) is 1. The molecule has 0 bridgehead atoms. The van der Waals surface area contributed by atoms with E-state index >= 15 is 0 Å². The monoisotopic (exact) mass is 323 g/mol. The molecule has 1 aromatic carbocycles. The van der Waals surface area contributed by atoms with Crippen LogP contribution in [0.5, 0.6) is 0 Å². The van der Waals surface area contributed by atoms with Crippen LogP contribution in [0, 0.1) is 13.8 Å². The molecule has 0 atom stereocenters. The molecule has 0 aliphatic heterocycles. The zero-order chi connectivity index (χ0) is 13.1. The quantitative estimate of drug-likeness (QED) is 0.896. The molecule has 4 heteroatoms. The van der Waals surface area contributed by atoms with Gasteiger partial charge in [-0.2, -0.15) is 0 Å². The second kappa shape index (κ2) is 5.67. The summed E-state index contributed by atoms with van der Waals surface area (Å²) in [6.07, 6.45) is 0.421. The van der Waals surface area contributed by atoms with Crippen LogP contribution in [0.3, 0.4) is 0 Å². The fourth-order valence-corrected chi connectivity index (χ4v) is 3.28. The number of carbonyl (C=O) groups is 1. The lowest BCUT2D eigenvalue weighted by molar-refractivity contribution is -0.115. The van der Waals surface area contributed by atoms with Crippen molar-refractivity contribution in [2.75, 3.05) is 5.32 Å². The van der Waals surface area contributed by atoms with Crippen LogP contribution in [0.1, 0.15) is 16.0 Å². The van der Waals surface area contributed by atoms with E-state index in [4.69, 9.17) is 0 Å². The summed E-state index contributed by atoms with van der Waals surface area (Å²) in [5.41, 5.74) is 3.12. The molecule has 1 heterocycles. The second-order valence-corrected chi connectivity index (χ2v) is 6.75. The smallest absolute Gasteiger partial charge is 0.229 e. The highest BCUT2D eigenvalue weighted by atomic mass is 79.9. The SMILES string of the molecule is Cc1cccc(C)c1NC(=O)Cc1ccc(Br)s1. The highest BCUT2D eigenvalue weighted by Crippen LogP contribution is 2.24. The van der Waals surface area contributed by atoms with Crippen molar-refractivity contribution in [1.29, 1.82) is 0 Å². The van der Waals surface area contributed by atoms with Crippen LogP contribution in [0.4, 0.5) is 5.69 Å². The van der Waals surface area contributed by atoms with Gasteiger partial charge in [0, 0.05) is 10.6 Å². The Labute approximate surface area is 119 Å². The molecule has 0 spiro atoms. The van der Waals surface area contributed by atoms with Crippen molar-refractivity contribution < 1.29 is 4.79 Å². The number of amides is 1. The van der Waals surface area contributed by atoms with Crippen LogP contribution in [0.15, 0.2) is 34.1 Å². The number of para-hydroxylation sites is 1. The highest BCUT2D eigenvalue weighted by molar-refractivity contribution is 9.11. The number of thiophene rings is 1. The fourth-order valence-electron chi connectivity index (χ4n) is 1.80. The molecule has 1 amide bonds. The molecule has 2 nitrogen and oxygen atoms in total. The van der Waals surface area contributed by atoms with E-state index in [-0.39, 0.29) is 5.91 Å². The van der Waals surface area contributed by atoms with Gasteiger partial charge in [-0.25, -0.2) is 0 Å². The molecule has 2 aromatic rings. The maximum Gasteiger partial charge on any atom is 0.229 e. The molecule has 0 saturated heterocycles. The first-order valence-corrected chi connectivity index (χ1v) is 7.27. The van der Waals surface area contributed by atoms with E-state index in [1.807, 2.05) is 44.2 Å². The van der Waals surface area contributed by atoms with Crippen molar-refractivity contribution in [3.8, 4) is 0 Å². The summed E-state index contributed by atoms with van der Waals surface area (Å²) in [6, 6.07) is 9.94. The van der Waals surface area contributed by atoms with Gasteiger partial charge < -0.3 is 5.32 Å². The van der Waals surface area contributed by atoms with E-state index in [1.165, 1.54) is 0 Å².